The van der Waals surface area contributed by atoms with E-state index >= 15 is 0 Å². The van der Waals surface area contributed by atoms with Gasteiger partial charge in [0.25, 0.3) is 5.69 Å². The Morgan fingerprint density at radius 2 is 1.90 bits per heavy atom. The lowest BCUT2D eigenvalue weighted by molar-refractivity contribution is -0.384. The van der Waals surface area contributed by atoms with Crippen molar-refractivity contribution in [3.05, 3.63) is 62.6 Å². The number of amides is 2. The van der Waals surface area contributed by atoms with Crippen LogP contribution in [0.25, 0.3) is 0 Å². The summed E-state index contributed by atoms with van der Waals surface area (Å²) >= 11 is 3.38. The molecule has 8 nitrogen and oxygen atoms in total. The quantitative estimate of drug-likeness (QED) is 0.491. The first kappa shape index (κ1) is 21.8. The second-order valence-corrected chi connectivity index (χ2v) is 8.15. The van der Waals surface area contributed by atoms with Gasteiger partial charge in [-0.25, -0.2) is 0 Å². The molecule has 1 heterocycles. The van der Waals surface area contributed by atoms with Gasteiger partial charge >= 0.3 is 0 Å². The van der Waals surface area contributed by atoms with E-state index in [1.165, 1.54) is 6.07 Å². The van der Waals surface area contributed by atoms with E-state index in [1.807, 2.05) is 24.0 Å². The summed E-state index contributed by atoms with van der Waals surface area (Å²) in [5.74, 6) is -0.669. The zero-order valence-electron chi connectivity index (χ0n) is 16.6. The third kappa shape index (κ3) is 5.35. The van der Waals surface area contributed by atoms with Gasteiger partial charge in [-0.2, -0.15) is 0 Å². The minimum Gasteiger partial charge on any atom is -0.366 e. The predicted octanol–water partition coefficient (Wildman–Crippen LogP) is 3.64. The number of benzene rings is 2. The van der Waals surface area contributed by atoms with Gasteiger partial charge < -0.3 is 15.5 Å². The van der Waals surface area contributed by atoms with Crippen molar-refractivity contribution >= 4 is 44.8 Å². The van der Waals surface area contributed by atoms with Crippen LogP contribution < -0.4 is 15.5 Å². The number of piperidine rings is 1. The molecule has 1 saturated heterocycles. The lowest BCUT2D eigenvalue weighted by atomic mass is 9.95. The van der Waals surface area contributed by atoms with Crippen LogP contribution in [0.5, 0.6) is 0 Å². The molecule has 1 fully saturated rings. The van der Waals surface area contributed by atoms with Crippen molar-refractivity contribution < 1.29 is 14.5 Å². The van der Waals surface area contributed by atoms with E-state index in [-0.39, 0.29) is 34.9 Å². The topological polar surface area (TPSA) is 105 Å². The van der Waals surface area contributed by atoms with E-state index in [1.54, 1.807) is 24.3 Å². The zero-order valence-corrected chi connectivity index (χ0v) is 18.1. The number of nitro benzene ring substituents is 1. The summed E-state index contributed by atoms with van der Waals surface area (Å²) < 4.78 is 0.929. The second-order valence-electron chi connectivity index (χ2n) is 7.23. The van der Waals surface area contributed by atoms with E-state index in [0.717, 1.165) is 10.0 Å². The summed E-state index contributed by atoms with van der Waals surface area (Å²) in [5, 5.41) is 16.7. The first-order chi connectivity index (χ1) is 14.3. The average molecular weight is 475 g/mol. The highest BCUT2D eigenvalue weighted by atomic mass is 79.9. The normalized spacial score (nSPS) is 14.3. The van der Waals surface area contributed by atoms with Crippen LogP contribution in [-0.4, -0.2) is 36.4 Å². The number of nitrogens with zero attached hydrogens (tertiary/aromatic N) is 2. The number of nitro groups is 1. The Hall–Kier alpha value is -2.94. The van der Waals surface area contributed by atoms with Crippen LogP contribution in [0.1, 0.15) is 18.4 Å². The Kier molecular flexibility index (Phi) is 7.04. The van der Waals surface area contributed by atoms with Gasteiger partial charge in [0.05, 0.1) is 11.5 Å². The minimum atomic E-state index is -0.389. The van der Waals surface area contributed by atoms with Crippen LogP contribution in [0.2, 0.25) is 0 Å². The Morgan fingerprint density at radius 3 is 2.57 bits per heavy atom. The summed E-state index contributed by atoms with van der Waals surface area (Å²) in [6, 6.07) is 12.2. The molecule has 2 N–H and O–H groups in total. The van der Waals surface area contributed by atoms with Crippen LogP contribution >= 0.6 is 15.9 Å². The Balaban J connectivity index is 1.49. The number of hydrogen-bond donors (Lipinski definition) is 2. The molecular weight excluding hydrogens is 452 g/mol. The van der Waals surface area contributed by atoms with Gasteiger partial charge in [0.15, 0.2) is 0 Å². The summed E-state index contributed by atoms with van der Waals surface area (Å²) in [5.41, 5.74) is 2.27. The maximum Gasteiger partial charge on any atom is 0.292 e. The van der Waals surface area contributed by atoms with Gasteiger partial charge in [0.1, 0.15) is 5.69 Å². The molecule has 0 aliphatic carbocycles. The number of halogens is 1. The van der Waals surface area contributed by atoms with E-state index in [9.17, 15) is 19.7 Å². The number of anilines is 2. The molecule has 0 atom stereocenters. The molecule has 0 bridgehead atoms. The number of carbonyl (C=O) groups excluding carboxylic acids is 2. The zero-order chi connectivity index (χ0) is 21.7. The number of para-hydroxylation sites is 2. The molecule has 9 heteroatoms. The standard InChI is InChI=1S/C21H23BrN4O4/c1-14-12-16(22)6-7-17(14)24-20(27)13-23-21(28)15-8-10-25(11-9-15)18-4-2-3-5-19(18)26(29)30/h2-7,12,15H,8-11,13H2,1H3,(H,23,28)(H,24,27). The molecule has 0 unspecified atom stereocenters. The van der Waals surface area contributed by atoms with Crippen molar-refractivity contribution in [1.82, 2.24) is 5.32 Å². The molecule has 0 radical (unpaired) electrons. The summed E-state index contributed by atoms with van der Waals surface area (Å²) in [4.78, 5) is 37.4. The molecule has 2 amide bonds. The maximum atomic E-state index is 12.5. The van der Waals surface area contributed by atoms with Crippen molar-refractivity contribution in [2.45, 2.75) is 19.8 Å². The first-order valence-electron chi connectivity index (χ1n) is 9.67. The number of nitrogens with one attached hydrogen (secondary N) is 2. The molecule has 158 valence electrons. The van der Waals surface area contributed by atoms with Gasteiger partial charge in [-0.05, 0) is 49.6 Å². The molecule has 0 saturated carbocycles. The smallest absolute Gasteiger partial charge is 0.292 e. The number of carbonyl (C=O) groups is 2. The maximum absolute atomic E-state index is 12.5. The number of hydrogen-bond acceptors (Lipinski definition) is 5. The number of rotatable bonds is 6. The fourth-order valence-corrected chi connectivity index (χ4v) is 4.02. The third-order valence-electron chi connectivity index (χ3n) is 5.17. The van der Waals surface area contributed by atoms with E-state index < -0.39 is 0 Å². The van der Waals surface area contributed by atoms with Gasteiger partial charge in [-0.3, -0.25) is 19.7 Å². The first-order valence-corrected chi connectivity index (χ1v) is 10.5. The van der Waals surface area contributed by atoms with E-state index in [0.29, 0.717) is 37.3 Å². The summed E-state index contributed by atoms with van der Waals surface area (Å²) in [7, 11) is 0. The Bertz CT molecular complexity index is 958. The van der Waals surface area contributed by atoms with Crippen molar-refractivity contribution in [1.29, 1.82) is 0 Å². The fourth-order valence-electron chi connectivity index (χ4n) is 3.54. The lowest BCUT2D eigenvalue weighted by Gasteiger charge is -2.32. The van der Waals surface area contributed by atoms with E-state index in [4.69, 9.17) is 0 Å². The molecule has 0 aromatic heterocycles. The van der Waals surface area contributed by atoms with Gasteiger partial charge in [0, 0.05) is 35.2 Å². The predicted molar refractivity (Wildman–Crippen MR) is 119 cm³/mol. The van der Waals surface area contributed by atoms with Gasteiger partial charge in [0.2, 0.25) is 11.8 Å². The summed E-state index contributed by atoms with van der Waals surface area (Å²) in [6.07, 6.45) is 1.15. The SMILES string of the molecule is Cc1cc(Br)ccc1NC(=O)CNC(=O)C1CCN(c2ccccc2[N+](=O)[O-])CC1. The Morgan fingerprint density at radius 1 is 1.20 bits per heavy atom. The monoisotopic (exact) mass is 474 g/mol. The molecule has 30 heavy (non-hydrogen) atoms. The molecular formula is C21H23BrN4O4. The highest BCUT2D eigenvalue weighted by Crippen LogP contribution is 2.31. The molecule has 2 aromatic carbocycles. The molecule has 1 aliphatic rings. The van der Waals surface area contributed by atoms with Crippen LogP contribution in [0.3, 0.4) is 0 Å². The Labute approximate surface area is 182 Å². The van der Waals surface area contributed by atoms with Gasteiger partial charge in [-0.1, -0.05) is 28.1 Å². The van der Waals surface area contributed by atoms with Gasteiger partial charge in [-0.15, -0.1) is 0 Å². The highest BCUT2D eigenvalue weighted by Gasteiger charge is 2.28. The lowest BCUT2D eigenvalue weighted by Crippen LogP contribution is -2.42. The second kappa shape index (κ2) is 9.71. The third-order valence-corrected chi connectivity index (χ3v) is 5.66. The van der Waals surface area contributed by atoms with Crippen molar-refractivity contribution in [2.24, 2.45) is 5.92 Å². The largest absolute Gasteiger partial charge is 0.366 e. The van der Waals surface area contributed by atoms with Crippen LogP contribution in [-0.2, 0) is 9.59 Å². The van der Waals surface area contributed by atoms with Crippen LogP contribution in [0, 0.1) is 23.0 Å². The number of aryl methyl sites for hydroxylation is 1. The summed E-state index contributed by atoms with van der Waals surface area (Å²) in [6.45, 7) is 2.89. The molecule has 0 spiro atoms. The van der Waals surface area contributed by atoms with Crippen molar-refractivity contribution in [3.63, 3.8) is 0 Å². The van der Waals surface area contributed by atoms with Crippen LogP contribution in [0.15, 0.2) is 46.9 Å². The van der Waals surface area contributed by atoms with Crippen LogP contribution in [0.4, 0.5) is 17.1 Å². The average Bonchev–Trinajstić information content (AvgIpc) is 2.74. The molecule has 3 rings (SSSR count). The van der Waals surface area contributed by atoms with Crippen molar-refractivity contribution in [2.75, 3.05) is 29.9 Å². The highest BCUT2D eigenvalue weighted by molar-refractivity contribution is 9.10. The molecule has 2 aromatic rings. The molecule has 1 aliphatic heterocycles. The fraction of sp³-hybridized carbons (Fsp3) is 0.333. The van der Waals surface area contributed by atoms with E-state index in [2.05, 4.69) is 26.6 Å². The van der Waals surface area contributed by atoms with Crippen molar-refractivity contribution in [3.8, 4) is 0 Å². The minimum absolute atomic E-state index is 0.0697.